The molecule has 0 aromatic carbocycles. The molecule has 0 saturated heterocycles. The zero-order valence-electron chi connectivity index (χ0n) is 10.8. The summed E-state index contributed by atoms with van der Waals surface area (Å²) in [5, 5.41) is 0. The molecule has 0 amide bonds. The highest BCUT2D eigenvalue weighted by Gasteiger charge is 1.97. The van der Waals surface area contributed by atoms with Crippen LogP contribution in [0.2, 0.25) is 0 Å². The summed E-state index contributed by atoms with van der Waals surface area (Å²) in [7, 11) is 0. The Bertz CT molecular complexity index is 139. The summed E-state index contributed by atoms with van der Waals surface area (Å²) in [6, 6.07) is 0. The fourth-order valence-electron chi connectivity index (χ4n) is 1.20. The van der Waals surface area contributed by atoms with Crippen molar-refractivity contribution in [2.75, 3.05) is 26.8 Å². The van der Waals surface area contributed by atoms with Gasteiger partial charge >= 0.3 is 0 Å². The summed E-state index contributed by atoms with van der Waals surface area (Å²) in [6.07, 6.45) is 4.36. The van der Waals surface area contributed by atoms with Crippen molar-refractivity contribution >= 4 is 31.9 Å². The van der Waals surface area contributed by atoms with Crippen molar-refractivity contribution < 1.29 is 14.2 Å². The van der Waals surface area contributed by atoms with E-state index in [2.05, 4.69) is 45.7 Å². The molecule has 104 valence electrons. The van der Waals surface area contributed by atoms with Gasteiger partial charge in [0.2, 0.25) is 0 Å². The fraction of sp³-hybridized carbons (Fsp3) is 1.00. The Morgan fingerprint density at radius 3 is 1.53 bits per heavy atom. The van der Waals surface area contributed by atoms with Crippen molar-refractivity contribution in [1.82, 2.24) is 0 Å². The van der Waals surface area contributed by atoms with Gasteiger partial charge in [-0.1, -0.05) is 45.7 Å². The van der Waals surface area contributed by atoms with Gasteiger partial charge in [-0.25, -0.2) is 0 Å². The number of hydrogen-bond donors (Lipinski definition) is 0. The molecule has 0 spiro atoms. The van der Waals surface area contributed by atoms with E-state index in [1.807, 2.05) is 0 Å². The molecule has 5 heteroatoms. The lowest BCUT2D eigenvalue weighted by atomic mass is 10.3. The molecule has 0 aliphatic rings. The quantitative estimate of drug-likeness (QED) is 0.292. The van der Waals surface area contributed by atoms with Gasteiger partial charge in [0, 0.05) is 22.9 Å². The Labute approximate surface area is 122 Å². The molecular weight excluding hydrogens is 352 g/mol. The predicted molar refractivity (Wildman–Crippen MR) is 78.0 cm³/mol. The van der Waals surface area contributed by atoms with E-state index in [1.54, 1.807) is 0 Å². The van der Waals surface area contributed by atoms with Gasteiger partial charge in [0.05, 0.1) is 0 Å². The molecule has 2 unspecified atom stereocenters. The lowest BCUT2D eigenvalue weighted by Gasteiger charge is -2.07. The van der Waals surface area contributed by atoms with Gasteiger partial charge in [0.15, 0.2) is 0 Å². The molecule has 0 radical (unpaired) electrons. The van der Waals surface area contributed by atoms with Gasteiger partial charge in [0.25, 0.3) is 0 Å². The van der Waals surface area contributed by atoms with Crippen molar-refractivity contribution in [2.24, 2.45) is 0 Å². The van der Waals surface area contributed by atoms with E-state index in [0.717, 1.165) is 38.9 Å². The second-order valence-electron chi connectivity index (χ2n) is 4.10. The van der Waals surface area contributed by atoms with Crippen LogP contribution in [0.3, 0.4) is 0 Å². The number of hydrogen-bond acceptors (Lipinski definition) is 3. The van der Waals surface area contributed by atoms with Crippen LogP contribution in [0.25, 0.3) is 0 Å². The van der Waals surface area contributed by atoms with Crippen LogP contribution in [-0.4, -0.2) is 36.5 Å². The normalized spacial score (nSPS) is 14.8. The van der Waals surface area contributed by atoms with Crippen LogP contribution in [0.5, 0.6) is 0 Å². The van der Waals surface area contributed by atoms with Crippen LogP contribution in [0.1, 0.15) is 39.5 Å². The predicted octanol–water partition coefficient (Wildman–Crippen LogP) is 4.08. The molecular formula is C12H24Br2O3. The highest BCUT2D eigenvalue weighted by atomic mass is 79.9. The summed E-state index contributed by atoms with van der Waals surface area (Å²) < 4.78 is 15.8. The molecule has 2 atom stereocenters. The maximum absolute atomic E-state index is 5.30. The summed E-state index contributed by atoms with van der Waals surface area (Å²) in [5.41, 5.74) is 0. The highest BCUT2D eigenvalue weighted by Crippen LogP contribution is 2.06. The summed E-state index contributed by atoms with van der Waals surface area (Å²) in [5.74, 6) is 0. The summed E-state index contributed by atoms with van der Waals surface area (Å²) in [6.45, 7) is 6.42. The van der Waals surface area contributed by atoms with Crippen molar-refractivity contribution in [3.63, 3.8) is 0 Å². The third-order valence-electron chi connectivity index (χ3n) is 2.11. The van der Waals surface area contributed by atoms with E-state index >= 15 is 0 Å². The minimum Gasteiger partial charge on any atom is -0.355 e. The first-order valence-corrected chi connectivity index (χ1v) is 7.97. The van der Waals surface area contributed by atoms with Crippen molar-refractivity contribution in [3.8, 4) is 0 Å². The molecule has 0 saturated carbocycles. The van der Waals surface area contributed by atoms with Gasteiger partial charge in [-0.15, -0.1) is 0 Å². The van der Waals surface area contributed by atoms with Crippen LogP contribution < -0.4 is 0 Å². The third kappa shape index (κ3) is 16.8. The van der Waals surface area contributed by atoms with E-state index in [4.69, 9.17) is 14.2 Å². The molecule has 0 fully saturated rings. The lowest BCUT2D eigenvalue weighted by Crippen LogP contribution is -2.07. The Balaban J connectivity index is 2.94. The molecule has 0 bridgehead atoms. The van der Waals surface area contributed by atoms with Crippen molar-refractivity contribution in [3.05, 3.63) is 0 Å². The molecule has 0 aliphatic heterocycles. The largest absolute Gasteiger partial charge is 0.355 e. The van der Waals surface area contributed by atoms with Gasteiger partial charge in [0.1, 0.15) is 13.6 Å². The van der Waals surface area contributed by atoms with E-state index in [-0.39, 0.29) is 0 Å². The number of rotatable bonds is 12. The average molecular weight is 376 g/mol. The smallest absolute Gasteiger partial charge is 0.149 e. The number of alkyl halides is 2. The van der Waals surface area contributed by atoms with Gasteiger partial charge in [-0.3, -0.25) is 0 Å². The zero-order chi connectivity index (χ0) is 12.9. The highest BCUT2D eigenvalue weighted by molar-refractivity contribution is 9.09. The number of halogens is 2. The second-order valence-corrected chi connectivity index (χ2v) is 7.23. The second kappa shape index (κ2) is 13.3. The minimum atomic E-state index is 0.325. The topological polar surface area (TPSA) is 27.7 Å². The molecule has 17 heavy (non-hydrogen) atoms. The van der Waals surface area contributed by atoms with Crippen molar-refractivity contribution in [2.45, 2.75) is 49.2 Å². The molecule has 0 heterocycles. The molecule has 0 aromatic rings. The average Bonchev–Trinajstić information content (AvgIpc) is 2.25. The Morgan fingerprint density at radius 1 is 0.765 bits per heavy atom. The maximum atomic E-state index is 5.30. The van der Waals surface area contributed by atoms with E-state index < -0.39 is 0 Å². The lowest BCUT2D eigenvalue weighted by molar-refractivity contribution is -0.131. The van der Waals surface area contributed by atoms with Crippen LogP contribution >= 0.6 is 31.9 Å². The van der Waals surface area contributed by atoms with Crippen LogP contribution in [0.4, 0.5) is 0 Å². The van der Waals surface area contributed by atoms with Crippen LogP contribution in [0.15, 0.2) is 0 Å². The Hall–Kier alpha value is 0.840. The van der Waals surface area contributed by atoms with E-state index in [9.17, 15) is 0 Å². The standard InChI is InChI=1S/C12H24Br2O3/c1-11(13)5-3-7-15-9-17-10-16-8-4-6-12(2)14/h11-12H,3-10H2,1-2H3. The first kappa shape index (κ1) is 17.8. The van der Waals surface area contributed by atoms with Gasteiger partial charge < -0.3 is 14.2 Å². The third-order valence-corrected chi connectivity index (χ3v) is 3.03. The molecule has 0 rings (SSSR count). The Kier molecular flexibility index (Phi) is 13.9. The first-order chi connectivity index (χ1) is 8.13. The van der Waals surface area contributed by atoms with E-state index in [1.165, 1.54) is 0 Å². The monoisotopic (exact) mass is 374 g/mol. The van der Waals surface area contributed by atoms with Gasteiger partial charge in [-0.2, -0.15) is 0 Å². The number of ether oxygens (including phenoxy) is 3. The van der Waals surface area contributed by atoms with Crippen LogP contribution in [-0.2, 0) is 14.2 Å². The molecule has 0 aromatic heterocycles. The maximum Gasteiger partial charge on any atom is 0.149 e. The SMILES string of the molecule is CC(Br)CCCOCOCOCCCC(C)Br. The molecule has 3 nitrogen and oxygen atoms in total. The van der Waals surface area contributed by atoms with Gasteiger partial charge in [-0.05, 0) is 25.7 Å². The molecule has 0 aliphatic carbocycles. The van der Waals surface area contributed by atoms with E-state index in [0.29, 0.717) is 23.2 Å². The minimum absolute atomic E-state index is 0.325. The summed E-state index contributed by atoms with van der Waals surface area (Å²) in [4.78, 5) is 1.12. The first-order valence-electron chi connectivity index (χ1n) is 6.14. The van der Waals surface area contributed by atoms with Crippen LogP contribution in [0, 0.1) is 0 Å². The zero-order valence-corrected chi connectivity index (χ0v) is 14.0. The van der Waals surface area contributed by atoms with Crippen molar-refractivity contribution in [1.29, 1.82) is 0 Å². The fourth-order valence-corrected chi connectivity index (χ4v) is 1.85. The summed E-state index contributed by atoms with van der Waals surface area (Å²) >= 11 is 6.98. The molecule has 0 N–H and O–H groups in total. The Morgan fingerprint density at radius 2 is 1.18 bits per heavy atom.